The number of fused-ring (bicyclic) bond motifs is 3. The minimum atomic E-state index is -0.511. The van der Waals surface area contributed by atoms with E-state index in [0.717, 1.165) is 40.7 Å². The zero-order chi connectivity index (χ0) is 24.0. The van der Waals surface area contributed by atoms with E-state index in [0.29, 0.717) is 44.2 Å². The molecule has 0 fully saturated rings. The Kier molecular flexibility index (Phi) is 7.97. The molecule has 1 amide bonds. The zero-order valence-corrected chi connectivity index (χ0v) is 20.2. The molecule has 0 aliphatic heterocycles. The molecule has 0 saturated carbocycles. The maximum atomic E-state index is 11.7. The average molecular weight is 458 g/mol. The van der Waals surface area contributed by atoms with Crippen molar-refractivity contribution < 1.29 is 19.0 Å². The molecule has 2 heterocycles. The summed E-state index contributed by atoms with van der Waals surface area (Å²) in [6, 6.07) is 5.83. The van der Waals surface area contributed by atoms with Gasteiger partial charge >= 0.3 is 6.09 Å². The molecule has 3 rings (SSSR count). The first kappa shape index (κ1) is 24.6. The summed E-state index contributed by atoms with van der Waals surface area (Å²) in [5.74, 6) is 2.06. The molecule has 180 valence electrons. The lowest BCUT2D eigenvalue weighted by atomic mass is 10.1. The van der Waals surface area contributed by atoms with E-state index in [4.69, 9.17) is 24.9 Å². The van der Waals surface area contributed by atoms with Gasteiger partial charge in [0.1, 0.15) is 22.7 Å². The summed E-state index contributed by atoms with van der Waals surface area (Å²) in [6.07, 6.45) is 1.92. The van der Waals surface area contributed by atoms with Crippen LogP contribution in [0.25, 0.3) is 21.9 Å². The van der Waals surface area contributed by atoms with Crippen LogP contribution < -0.4 is 15.8 Å². The fourth-order valence-electron chi connectivity index (χ4n) is 3.64. The predicted octanol–water partition coefficient (Wildman–Crippen LogP) is 4.06. The van der Waals surface area contributed by atoms with Gasteiger partial charge in [0.15, 0.2) is 5.82 Å². The smallest absolute Gasteiger partial charge is 0.407 e. The molecule has 0 unspecified atom stereocenters. The van der Waals surface area contributed by atoms with Crippen molar-refractivity contribution in [1.82, 2.24) is 19.9 Å². The maximum absolute atomic E-state index is 11.7. The van der Waals surface area contributed by atoms with Crippen molar-refractivity contribution >= 4 is 33.8 Å². The van der Waals surface area contributed by atoms with E-state index in [-0.39, 0.29) is 0 Å². The highest BCUT2D eigenvalue weighted by molar-refractivity contribution is 6.06. The molecule has 2 aromatic heterocycles. The van der Waals surface area contributed by atoms with Crippen LogP contribution in [0.4, 0.5) is 10.6 Å². The van der Waals surface area contributed by atoms with Crippen LogP contribution in [-0.2, 0) is 22.4 Å². The molecule has 0 spiro atoms. The maximum Gasteiger partial charge on any atom is 0.407 e. The molecule has 0 aliphatic rings. The molecule has 0 aliphatic carbocycles. The number of aromatic nitrogens is 3. The van der Waals surface area contributed by atoms with Crippen LogP contribution in [0.1, 0.15) is 46.4 Å². The molecule has 3 N–H and O–H groups in total. The molecule has 1 aromatic carbocycles. The SMILES string of the molecule is CCCn1c(CCOC)nc2c(N)nc3cc(OCCCNC(=O)OC(C)(C)C)ccc3c21. The number of rotatable bonds is 10. The minimum absolute atomic E-state index is 0.407. The number of nitrogens with two attached hydrogens (primary N) is 1. The zero-order valence-electron chi connectivity index (χ0n) is 20.2. The van der Waals surface area contributed by atoms with Crippen LogP contribution in [-0.4, -0.2) is 53.1 Å². The van der Waals surface area contributed by atoms with Gasteiger partial charge < -0.3 is 29.8 Å². The largest absolute Gasteiger partial charge is 0.493 e. The Labute approximate surface area is 194 Å². The topological polar surface area (TPSA) is 114 Å². The van der Waals surface area contributed by atoms with E-state index < -0.39 is 11.7 Å². The number of amides is 1. The van der Waals surface area contributed by atoms with Gasteiger partial charge in [-0.3, -0.25) is 0 Å². The number of nitrogens with one attached hydrogen (secondary N) is 1. The molecule has 0 radical (unpaired) electrons. The van der Waals surface area contributed by atoms with Crippen molar-refractivity contribution in [2.75, 3.05) is 32.6 Å². The van der Waals surface area contributed by atoms with Gasteiger partial charge in [-0.15, -0.1) is 0 Å². The molecular formula is C24H35N5O4. The third-order valence-corrected chi connectivity index (χ3v) is 4.99. The number of hydrogen-bond donors (Lipinski definition) is 2. The van der Waals surface area contributed by atoms with Crippen molar-refractivity contribution in [1.29, 1.82) is 0 Å². The van der Waals surface area contributed by atoms with Crippen molar-refractivity contribution in [3.63, 3.8) is 0 Å². The number of benzene rings is 1. The van der Waals surface area contributed by atoms with Gasteiger partial charge in [-0.1, -0.05) is 6.92 Å². The Morgan fingerprint density at radius 2 is 2.00 bits per heavy atom. The van der Waals surface area contributed by atoms with Crippen LogP contribution in [0.5, 0.6) is 5.75 Å². The summed E-state index contributed by atoms with van der Waals surface area (Å²) in [6.45, 7) is 10.00. The molecule has 3 aromatic rings. The highest BCUT2D eigenvalue weighted by atomic mass is 16.6. The monoisotopic (exact) mass is 457 g/mol. The number of nitrogen functional groups attached to an aromatic ring is 1. The highest BCUT2D eigenvalue weighted by Gasteiger charge is 2.18. The van der Waals surface area contributed by atoms with Crippen LogP contribution in [0.2, 0.25) is 0 Å². The summed E-state index contributed by atoms with van der Waals surface area (Å²) in [7, 11) is 1.69. The van der Waals surface area contributed by atoms with E-state index in [1.54, 1.807) is 7.11 Å². The third-order valence-electron chi connectivity index (χ3n) is 4.99. The van der Waals surface area contributed by atoms with Gasteiger partial charge in [0.25, 0.3) is 0 Å². The van der Waals surface area contributed by atoms with Crippen LogP contribution >= 0.6 is 0 Å². The van der Waals surface area contributed by atoms with Gasteiger partial charge in [-0.2, -0.15) is 0 Å². The number of pyridine rings is 1. The first-order valence-corrected chi connectivity index (χ1v) is 11.4. The number of carbonyl (C=O) groups excluding carboxylic acids is 1. The quantitative estimate of drug-likeness (QED) is 0.441. The summed E-state index contributed by atoms with van der Waals surface area (Å²) in [4.78, 5) is 21.0. The van der Waals surface area contributed by atoms with E-state index in [2.05, 4.69) is 21.8 Å². The first-order chi connectivity index (χ1) is 15.7. The third kappa shape index (κ3) is 6.25. The molecule has 0 atom stereocenters. The molecule has 0 saturated heterocycles. The molecule has 9 heteroatoms. The Bertz CT molecular complexity index is 1100. The number of nitrogens with zero attached hydrogens (tertiary/aromatic N) is 3. The standard InChI is InChI=1S/C24H35N5O4/c1-6-12-29-19(10-14-31-5)28-20-21(29)17-9-8-16(15-18(17)27-22(20)25)32-13-7-11-26-23(30)33-24(2,3)4/h8-9,15H,6-7,10-14H2,1-5H3,(H2,25,27)(H,26,30). The Balaban J connectivity index is 1.73. The lowest BCUT2D eigenvalue weighted by Gasteiger charge is -2.19. The van der Waals surface area contributed by atoms with E-state index in [1.807, 2.05) is 39.0 Å². The highest BCUT2D eigenvalue weighted by Crippen LogP contribution is 2.31. The molecule has 33 heavy (non-hydrogen) atoms. The lowest BCUT2D eigenvalue weighted by Crippen LogP contribution is -2.33. The predicted molar refractivity (Wildman–Crippen MR) is 130 cm³/mol. The fourth-order valence-corrected chi connectivity index (χ4v) is 3.64. The van der Waals surface area contributed by atoms with Crippen LogP contribution in [0.3, 0.4) is 0 Å². The second-order valence-corrected chi connectivity index (χ2v) is 8.93. The summed E-state index contributed by atoms with van der Waals surface area (Å²) < 4.78 is 18.6. The number of imidazole rings is 1. The summed E-state index contributed by atoms with van der Waals surface area (Å²) in [5, 5.41) is 3.72. The number of carbonyl (C=O) groups is 1. The van der Waals surface area contributed by atoms with Crippen LogP contribution in [0.15, 0.2) is 18.2 Å². The molecular weight excluding hydrogens is 422 g/mol. The van der Waals surface area contributed by atoms with E-state index in [1.165, 1.54) is 0 Å². The van der Waals surface area contributed by atoms with Gasteiger partial charge in [-0.25, -0.2) is 14.8 Å². The number of alkyl carbamates (subject to hydrolysis) is 1. The second-order valence-electron chi connectivity index (χ2n) is 8.93. The Morgan fingerprint density at radius 1 is 1.21 bits per heavy atom. The van der Waals surface area contributed by atoms with Gasteiger partial charge in [0.05, 0.1) is 24.2 Å². The first-order valence-electron chi connectivity index (χ1n) is 11.4. The summed E-state index contributed by atoms with van der Waals surface area (Å²) >= 11 is 0. The normalized spacial score (nSPS) is 11.8. The number of hydrogen-bond acceptors (Lipinski definition) is 7. The van der Waals surface area contributed by atoms with E-state index in [9.17, 15) is 4.79 Å². The number of methoxy groups -OCH3 is 1. The second kappa shape index (κ2) is 10.7. The average Bonchev–Trinajstić information content (AvgIpc) is 3.10. The summed E-state index contributed by atoms with van der Waals surface area (Å²) in [5.41, 5.74) is 8.26. The minimum Gasteiger partial charge on any atom is -0.493 e. The number of anilines is 1. The van der Waals surface area contributed by atoms with Crippen molar-refractivity contribution in [2.45, 2.75) is 59.1 Å². The van der Waals surface area contributed by atoms with Gasteiger partial charge in [0.2, 0.25) is 0 Å². The molecule has 9 nitrogen and oxygen atoms in total. The van der Waals surface area contributed by atoms with Crippen molar-refractivity contribution in [3.05, 3.63) is 24.0 Å². The van der Waals surface area contributed by atoms with Crippen LogP contribution in [0, 0.1) is 0 Å². The molecule has 0 bridgehead atoms. The van der Waals surface area contributed by atoms with E-state index >= 15 is 0 Å². The number of aryl methyl sites for hydroxylation is 1. The number of ether oxygens (including phenoxy) is 3. The fraction of sp³-hybridized carbons (Fsp3) is 0.542. The Morgan fingerprint density at radius 3 is 2.70 bits per heavy atom. The van der Waals surface area contributed by atoms with Gasteiger partial charge in [-0.05, 0) is 45.7 Å². The lowest BCUT2D eigenvalue weighted by molar-refractivity contribution is 0.0525. The van der Waals surface area contributed by atoms with Crippen molar-refractivity contribution in [2.24, 2.45) is 0 Å². The Hall–Kier alpha value is -3.07. The van der Waals surface area contributed by atoms with Crippen molar-refractivity contribution in [3.8, 4) is 5.75 Å². The van der Waals surface area contributed by atoms with Gasteiger partial charge in [0, 0.05) is 38.1 Å².